The van der Waals surface area contributed by atoms with Gasteiger partial charge in [-0.2, -0.15) is 0 Å². The Morgan fingerprint density at radius 1 is 1.03 bits per heavy atom. The van der Waals surface area contributed by atoms with Crippen LogP contribution in [0.15, 0.2) is 83.2 Å². The SMILES string of the molecule is O=C1C(=Cc2c[nH]c3ccccc23)Oc2cc(OCc3ccc(Br)cc3)ccc21. The maximum Gasteiger partial charge on any atom is 0.231 e. The van der Waals surface area contributed by atoms with Crippen molar-refractivity contribution in [2.24, 2.45) is 0 Å². The number of para-hydroxylation sites is 1. The lowest BCUT2D eigenvalue weighted by atomic mass is 10.1. The van der Waals surface area contributed by atoms with Gasteiger partial charge in [0.2, 0.25) is 5.78 Å². The summed E-state index contributed by atoms with van der Waals surface area (Å²) in [4.78, 5) is 15.9. The lowest BCUT2D eigenvalue weighted by molar-refractivity contribution is 0.101. The Bertz CT molecular complexity index is 1250. The van der Waals surface area contributed by atoms with E-state index in [2.05, 4.69) is 20.9 Å². The Balaban J connectivity index is 1.37. The van der Waals surface area contributed by atoms with Crippen molar-refractivity contribution < 1.29 is 14.3 Å². The first-order valence-corrected chi connectivity index (χ1v) is 9.98. The molecule has 0 saturated carbocycles. The number of carbonyl (C=O) groups excluding carboxylic acids is 1. The van der Waals surface area contributed by atoms with E-state index in [0.717, 1.165) is 26.5 Å². The predicted molar refractivity (Wildman–Crippen MR) is 116 cm³/mol. The molecular weight excluding hydrogens is 430 g/mol. The van der Waals surface area contributed by atoms with Crippen LogP contribution in [0.25, 0.3) is 17.0 Å². The molecule has 0 unspecified atom stereocenters. The van der Waals surface area contributed by atoms with Gasteiger partial charge in [0.1, 0.15) is 18.1 Å². The smallest absolute Gasteiger partial charge is 0.231 e. The molecule has 0 saturated heterocycles. The molecule has 0 atom stereocenters. The molecule has 0 aliphatic carbocycles. The molecule has 0 bridgehead atoms. The maximum absolute atomic E-state index is 12.7. The average Bonchev–Trinajstić information content (AvgIpc) is 3.29. The lowest BCUT2D eigenvalue weighted by Gasteiger charge is -2.07. The van der Waals surface area contributed by atoms with Crippen molar-refractivity contribution >= 4 is 38.7 Å². The van der Waals surface area contributed by atoms with Crippen LogP contribution < -0.4 is 9.47 Å². The molecular formula is C24H16BrNO3. The largest absolute Gasteiger partial charge is 0.489 e. The Morgan fingerprint density at radius 2 is 1.86 bits per heavy atom. The highest BCUT2D eigenvalue weighted by Gasteiger charge is 2.28. The summed E-state index contributed by atoms with van der Waals surface area (Å²) in [5.41, 5.74) is 3.55. The second-order valence-corrected chi connectivity index (χ2v) is 7.72. The molecule has 2 heterocycles. The van der Waals surface area contributed by atoms with Crippen LogP contribution in [0.3, 0.4) is 0 Å². The quantitative estimate of drug-likeness (QED) is 0.384. The molecule has 1 N–H and O–H groups in total. The number of carbonyl (C=O) groups is 1. The van der Waals surface area contributed by atoms with Gasteiger partial charge in [0.05, 0.1) is 5.56 Å². The Labute approximate surface area is 175 Å². The van der Waals surface area contributed by atoms with Gasteiger partial charge in [0, 0.05) is 33.2 Å². The number of hydrogen-bond acceptors (Lipinski definition) is 3. The van der Waals surface area contributed by atoms with Crippen LogP contribution in [0.4, 0.5) is 0 Å². The van der Waals surface area contributed by atoms with Crippen LogP contribution in [0.1, 0.15) is 21.5 Å². The zero-order chi connectivity index (χ0) is 19.8. The van der Waals surface area contributed by atoms with Gasteiger partial charge >= 0.3 is 0 Å². The highest BCUT2D eigenvalue weighted by atomic mass is 79.9. The third-order valence-electron chi connectivity index (χ3n) is 4.87. The van der Waals surface area contributed by atoms with Crippen LogP contribution in [0.2, 0.25) is 0 Å². The number of aromatic amines is 1. The number of hydrogen-bond donors (Lipinski definition) is 1. The zero-order valence-corrected chi connectivity index (χ0v) is 16.9. The normalized spacial score (nSPS) is 14.2. The van der Waals surface area contributed by atoms with Crippen molar-refractivity contribution in [3.8, 4) is 11.5 Å². The van der Waals surface area contributed by atoms with Crippen LogP contribution in [0, 0.1) is 0 Å². The Hall–Kier alpha value is -3.31. The first-order chi connectivity index (χ1) is 14.2. The van der Waals surface area contributed by atoms with Gasteiger partial charge in [-0.05, 0) is 42.0 Å². The van der Waals surface area contributed by atoms with E-state index in [9.17, 15) is 4.79 Å². The van der Waals surface area contributed by atoms with Gasteiger partial charge < -0.3 is 14.5 Å². The molecule has 4 aromatic rings. The number of benzene rings is 3. The summed E-state index contributed by atoms with van der Waals surface area (Å²) in [5.74, 6) is 1.38. The molecule has 0 amide bonds. The summed E-state index contributed by atoms with van der Waals surface area (Å²) >= 11 is 3.42. The minimum Gasteiger partial charge on any atom is -0.489 e. The first kappa shape index (κ1) is 17.8. The van der Waals surface area contributed by atoms with Crippen LogP contribution in [0.5, 0.6) is 11.5 Å². The Morgan fingerprint density at radius 3 is 2.72 bits per heavy atom. The summed E-state index contributed by atoms with van der Waals surface area (Å²) in [6, 6.07) is 21.2. The molecule has 1 aromatic heterocycles. The number of H-pyrrole nitrogens is 1. The Kier molecular flexibility index (Phi) is 4.45. The molecule has 1 aliphatic rings. The molecule has 0 radical (unpaired) electrons. The molecule has 5 rings (SSSR count). The number of nitrogens with one attached hydrogen (secondary N) is 1. The summed E-state index contributed by atoms with van der Waals surface area (Å²) in [6.07, 6.45) is 3.66. The maximum atomic E-state index is 12.7. The second-order valence-electron chi connectivity index (χ2n) is 6.80. The van der Waals surface area contributed by atoms with Gasteiger partial charge in [0.15, 0.2) is 5.76 Å². The van der Waals surface area contributed by atoms with E-state index < -0.39 is 0 Å². The van der Waals surface area contributed by atoms with Gasteiger partial charge in [-0.25, -0.2) is 0 Å². The number of halogens is 1. The van der Waals surface area contributed by atoms with E-state index in [0.29, 0.717) is 29.4 Å². The monoisotopic (exact) mass is 445 g/mol. The summed E-state index contributed by atoms with van der Waals surface area (Å²) in [5, 5.41) is 1.05. The molecule has 0 fully saturated rings. The molecule has 4 nitrogen and oxygen atoms in total. The van der Waals surface area contributed by atoms with Crippen molar-refractivity contribution in [2.45, 2.75) is 6.61 Å². The van der Waals surface area contributed by atoms with Crippen molar-refractivity contribution in [1.29, 1.82) is 0 Å². The number of aromatic nitrogens is 1. The fraction of sp³-hybridized carbons (Fsp3) is 0.0417. The third kappa shape index (κ3) is 3.45. The van der Waals surface area contributed by atoms with Crippen molar-refractivity contribution in [3.63, 3.8) is 0 Å². The van der Waals surface area contributed by atoms with Gasteiger partial charge in [0.25, 0.3) is 0 Å². The van der Waals surface area contributed by atoms with Gasteiger partial charge in [-0.3, -0.25) is 4.79 Å². The molecule has 1 aliphatic heterocycles. The molecule has 142 valence electrons. The van der Waals surface area contributed by atoms with Crippen LogP contribution in [-0.2, 0) is 6.61 Å². The number of ether oxygens (including phenoxy) is 2. The summed E-state index contributed by atoms with van der Waals surface area (Å²) in [7, 11) is 0. The van der Waals surface area contributed by atoms with E-state index in [1.807, 2.05) is 54.7 Å². The number of allylic oxidation sites excluding steroid dienone is 1. The van der Waals surface area contributed by atoms with Crippen molar-refractivity contribution in [1.82, 2.24) is 4.98 Å². The van der Waals surface area contributed by atoms with E-state index in [1.165, 1.54) is 0 Å². The molecule has 5 heteroatoms. The van der Waals surface area contributed by atoms with Gasteiger partial charge in [-0.15, -0.1) is 0 Å². The fourth-order valence-corrected chi connectivity index (χ4v) is 3.62. The van der Waals surface area contributed by atoms with Crippen LogP contribution in [-0.4, -0.2) is 10.8 Å². The highest BCUT2D eigenvalue weighted by Crippen LogP contribution is 2.35. The minimum atomic E-state index is -0.121. The number of rotatable bonds is 4. The minimum absolute atomic E-state index is 0.121. The average molecular weight is 446 g/mol. The van der Waals surface area contributed by atoms with E-state index in [1.54, 1.807) is 24.3 Å². The topological polar surface area (TPSA) is 51.3 Å². The summed E-state index contributed by atoms with van der Waals surface area (Å²) < 4.78 is 12.7. The van der Waals surface area contributed by atoms with Crippen molar-refractivity contribution in [2.75, 3.05) is 0 Å². The number of fused-ring (bicyclic) bond motifs is 2. The lowest BCUT2D eigenvalue weighted by Crippen LogP contribution is -1.97. The predicted octanol–water partition coefficient (Wildman–Crippen LogP) is 6.13. The van der Waals surface area contributed by atoms with E-state index in [-0.39, 0.29) is 5.78 Å². The highest BCUT2D eigenvalue weighted by molar-refractivity contribution is 9.10. The third-order valence-corrected chi connectivity index (χ3v) is 5.40. The second kappa shape index (κ2) is 7.26. The fourth-order valence-electron chi connectivity index (χ4n) is 3.36. The van der Waals surface area contributed by atoms with E-state index in [4.69, 9.17) is 9.47 Å². The summed E-state index contributed by atoms with van der Waals surface area (Å²) in [6.45, 7) is 0.443. The van der Waals surface area contributed by atoms with E-state index >= 15 is 0 Å². The molecule has 0 spiro atoms. The molecule has 29 heavy (non-hydrogen) atoms. The standard InChI is InChI=1S/C24H16BrNO3/c25-17-7-5-15(6-8-17)14-28-18-9-10-20-22(12-18)29-23(24(20)27)11-16-13-26-21-4-2-1-3-19(16)21/h1-13,26H,14H2. The van der Waals surface area contributed by atoms with Gasteiger partial charge in [-0.1, -0.05) is 46.3 Å². The zero-order valence-electron chi connectivity index (χ0n) is 15.3. The number of ketones is 1. The first-order valence-electron chi connectivity index (χ1n) is 9.19. The molecule has 3 aromatic carbocycles. The number of Topliss-reactive ketones (excluding diaryl/α,β-unsaturated/α-hetero) is 1. The van der Waals surface area contributed by atoms with Crippen molar-refractivity contribution in [3.05, 3.63) is 99.8 Å². The van der Waals surface area contributed by atoms with Crippen LogP contribution >= 0.6 is 15.9 Å².